The number of aryl methyl sites for hydroxylation is 3. The molecule has 0 saturated carbocycles. The summed E-state index contributed by atoms with van der Waals surface area (Å²) in [5, 5.41) is 13.3. The number of benzene rings is 4. The molecule has 0 radical (unpaired) electrons. The Labute approximate surface area is 271 Å². The monoisotopic (exact) mass is 613 g/mol. The number of pyridine rings is 1. The number of alkyl halides is 1. The zero-order chi connectivity index (χ0) is 31.4. The van der Waals surface area contributed by atoms with Crippen LogP contribution >= 0.6 is 12.6 Å². The maximum absolute atomic E-state index is 14.7. The molecule has 1 fully saturated rings. The highest BCUT2D eigenvalue weighted by Gasteiger charge is 2.41. The van der Waals surface area contributed by atoms with Crippen molar-refractivity contribution < 1.29 is 4.39 Å². The molecule has 6 rings (SSSR count). The Morgan fingerprint density at radius 1 is 0.956 bits per heavy atom. The summed E-state index contributed by atoms with van der Waals surface area (Å²) in [6.45, 7) is 6.03. The zero-order valence-electron chi connectivity index (χ0n) is 26.0. The van der Waals surface area contributed by atoms with Gasteiger partial charge in [-0.25, -0.2) is 4.39 Å². The minimum atomic E-state index is -1.36. The van der Waals surface area contributed by atoms with E-state index in [2.05, 4.69) is 115 Å². The number of unbranched alkanes of at least 4 members (excludes halogenated alkanes) is 2. The van der Waals surface area contributed by atoms with Crippen LogP contribution in [0.15, 0.2) is 108 Å². The van der Waals surface area contributed by atoms with Crippen LogP contribution in [0, 0.1) is 11.3 Å². The molecular weight excluding hydrogens is 574 g/mol. The van der Waals surface area contributed by atoms with E-state index in [1.807, 2.05) is 11.1 Å². The molecule has 1 aliphatic rings. The molecule has 0 N–H and O–H groups in total. The van der Waals surface area contributed by atoms with Gasteiger partial charge in [0, 0.05) is 28.6 Å². The molecule has 1 saturated heterocycles. The summed E-state index contributed by atoms with van der Waals surface area (Å²) in [5.41, 5.74) is 6.72. The Hall–Kier alpha value is -4.14. The average Bonchev–Trinajstić information content (AvgIpc) is 3.37. The second-order valence-electron chi connectivity index (χ2n) is 12.7. The number of hydrogen-bond acceptors (Lipinski definition) is 4. The highest BCUT2D eigenvalue weighted by molar-refractivity contribution is 7.80. The summed E-state index contributed by atoms with van der Waals surface area (Å²) in [4.78, 5) is 7.47. The van der Waals surface area contributed by atoms with Crippen LogP contribution in [-0.2, 0) is 19.3 Å². The standard InChI is InChI=1S/C40H40FN3S/c1-28(44-27-40(2,41)25-35(44)26-42)12-14-31-20-21-43-39-19-16-34(24-38(31)39)37-18-17-36(45)23-33(37)11-5-3-4-8-29-13-15-30-9-6-7-10-32(30)22-29/h6-7,9-10,13,15-24,35,45H,1,3-5,8,11-12,14,25,27H2,2H3. The van der Waals surface area contributed by atoms with E-state index in [0.717, 1.165) is 47.2 Å². The summed E-state index contributed by atoms with van der Waals surface area (Å²) >= 11 is 4.67. The van der Waals surface area contributed by atoms with Crippen molar-refractivity contribution in [1.29, 1.82) is 5.26 Å². The van der Waals surface area contributed by atoms with E-state index in [9.17, 15) is 9.65 Å². The van der Waals surface area contributed by atoms with Crippen LogP contribution in [0.3, 0.4) is 0 Å². The molecule has 2 atom stereocenters. The fourth-order valence-corrected chi connectivity index (χ4v) is 7.02. The lowest BCUT2D eigenvalue weighted by Gasteiger charge is -2.24. The lowest BCUT2D eigenvalue weighted by atomic mass is 9.93. The lowest BCUT2D eigenvalue weighted by molar-refractivity contribution is 0.199. The Bertz CT molecular complexity index is 1890. The van der Waals surface area contributed by atoms with Crippen molar-refractivity contribution >= 4 is 34.3 Å². The average molecular weight is 614 g/mol. The smallest absolute Gasteiger partial charge is 0.128 e. The Balaban J connectivity index is 1.13. The van der Waals surface area contributed by atoms with Gasteiger partial charge in [0.1, 0.15) is 11.7 Å². The molecule has 1 aliphatic heterocycles. The van der Waals surface area contributed by atoms with Gasteiger partial charge in [-0.15, -0.1) is 12.6 Å². The minimum Gasteiger partial charge on any atom is -0.356 e. The van der Waals surface area contributed by atoms with E-state index < -0.39 is 11.7 Å². The van der Waals surface area contributed by atoms with Gasteiger partial charge in [0.15, 0.2) is 0 Å². The number of aromatic nitrogens is 1. The predicted molar refractivity (Wildman–Crippen MR) is 187 cm³/mol. The van der Waals surface area contributed by atoms with Gasteiger partial charge in [-0.1, -0.05) is 67.6 Å². The van der Waals surface area contributed by atoms with Crippen molar-refractivity contribution in [2.24, 2.45) is 0 Å². The first kappa shape index (κ1) is 30.9. The highest BCUT2D eigenvalue weighted by atomic mass is 32.1. The molecule has 2 heterocycles. The topological polar surface area (TPSA) is 39.9 Å². The lowest BCUT2D eigenvalue weighted by Crippen LogP contribution is -2.29. The number of nitrogens with zero attached hydrogens (tertiary/aromatic N) is 3. The van der Waals surface area contributed by atoms with E-state index >= 15 is 0 Å². The fourth-order valence-electron chi connectivity index (χ4n) is 6.79. The quantitative estimate of drug-likeness (QED) is 0.119. The van der Waals surface area contributed by atoms with Crippen LogP contribution in [0.5, 0.6) is 0 Å². The molecule has 0 spiro atoms. The van der Waals surface area contributed by atoms with Crippen LogP contribution in [0.4, 0.5) is 4.39 Å². The maximum atomic E-state index is 14.7. The van der Waals surface area contributed by atoms with Gasteiger partial charge >= 0.3 is 0 Å². The first-order chi connectivity index (χ1) is 21.8. The molecule has 5 heteroatoms. The number of halogens is 1. The van der Waals surface area contributed by atoms with E-state index in [4.69, 9.17) is 0 Å². The normalized spacial score (nSPS) is 18.0. The maximum Gasteiger partial charge on any atom is 0.128 e. The van der Waals surface area contributed by atoms with Crippen molar-refractivity contribution in [3.63, 3.8) is 0 Å². The van der Waals surface area contributed by atoms with Crippen molar-refractivity contribution in [3.8, 4) is 17.2 Å². The number of fused-ring (bicyclic) bond motifs is 2. The molecule has 5 aromatic rings. The molecule has 0 aliphatic carbocycles. The molecule has 45 heavy (non-hydrogen) atoms. The molecule has 2 unspecified atom stereocenters. The van der Waals surface area contributed by atoms with Crippen LogP contribution in [0.25, 0.3) is 32.8 Å². The molecular formula is C40H40FN3S. The van der Waals surface area contributed by atoms with Gasteiger partial charge in [-0.2, -0.15) is 5.26 Å². The van der Waals surface area contributed by atoms with Gasteiger partial charge in [0.05, 0.1) is 18.1 Å². The number of likely N-dealkylation sites (tertiary alicyclic amines) is 1. The predicted octanol–water partition coefficient (Wildman–Crippen LogP) is 10.1. The van der Waals surface area contributed by atoms with Gasteiger partial charge in [0.25, 0.3) is 0 Å². The van der Waals surface area contributed by atoms with Gasteiger partial charge in [-0.3, -0.25) is 4.98 Å². The number of rotatable bonds is 11. The number of nitriles is 1. The van der Waals surface area contributed by atoms with E-state index in [1.54, 1.807) is 6.92 Å². The summed E-state index contributed by atoms with van der Waals surface area (Å²) in [6.07, 6.45) is 9.05. The van der Waals surface area contributed by atoms with E-state index in [0.29, 0.717) is 6.42 Å². The molecule has 0 bridgehead atoms. The van der Waals surface area contributed by atoms with Crippen molar-refractivity contribution in [2.45, 2.75) is 74.9 Å². The molecule has 3 nitrogen and oxygen atoms in total. The summed E-state index contributed by atoms with van der Waals surface area (Å²) in [7, 11) is 0. The number of hydrogen-bond donors (Lipinski definition) is 1. The third-order valence-electron chi connectivity index (χ3n) is 9.19. The van der Waals surface area contributed by atoms with Gasteiger partial charge in [-0.05, 0) is 114 Å². The fraction of sp³-hybridized carbons (Fsp3) is 0.300. The summed E-state index contributed by atoms with van der Waals surface area (Å²) < 4.78 is 14.7. The van der Waals surface area contributed by atoms with E-state index in [1.165, 1.54) is 51.4 Å². The minimum absolute atomic E-state index is 0.221. The summed E-state index contributed by atoms with van der Waals surface area (Å²) in [5.74, 6) is 0. The molecule has 0 amide bonds. The van der Waals surface area contributed by atoms with E-state index in [-0.39, 0.29) is 13.0 Å². The highest BCUT2D eigenvalue weighted by Crippen LogP contribution is 2.35. The SMILES string of the molecule is C=C(CCc1ccnc2ccc(-c3ccc(S)cc3CCCCCc3ccc4ccccc4c3)cc12)N1CC(C)(F)CC1C#N. The third-order valence-corrected chi connectivity index (χ3v) is 9.47. The van der Waals surface area contributed by atoms with Gasteiger partial charge in [0.2, 0.25) is 0 Å². The number of allylic oxidation sites excluding steroid dienone is 1. The van der Waals surface area contributed by atoms with Crippen LogP contribution in [0.2, 0.25) is 0 Å². The van der Waals surface area contributed by atoms with Crippen LogP contribution < -0.4 is 0 Å². The van der Waals surface area contributed by atoms with Gasteiger partial charge < -0.3 is 4.90 Å². The number of thiol groups is 1. The Morgan fingerprint density at radius 3 is 2.62 bits per heavy atom. The Kier molecular flexibility index (Phi) is 9.24. The van der Waals surface area contributed by atoms with Crippen LogP contribution in [0.1, 0.15) is 55.7 Å². The molecule has 228 valence electrons. The van der Waals surface area contributed by atoms with Crippen LogP contribution in [-0.4, -0.2) is 28.1 Å². The summed E-state index contributed by atoms with van der Waals surface area (Å²) in [6, 6.07) is 32.2. The second kappa shape index (κ2) is 13.5. The molecule has 1 aromatic heterocycles. The third kappa shape index (κ3) is 7.24. The van der Waals surface area contributed by atoms with Crippen molar-refractivity contribution in [2.75, 3.05) is 6.54 Å². The first-order valence-corrected chi connectivity index (χ1v) is 16.4. The Morgan fingerprint density at radius 2 is 1.78 bits per heavy atom. The molecule has 4 aromatic carbocycles. The largest absolute Gasteiger partial charge is 0.356 e. The second-order valence-corrected chi connectivity index (χ2v) is 13.3. The first-order valence-electron chi connectivity index (χ1n) is 16.0. The van der Waals surface area contributed by atoms with Crippen molar-refractivity contribution in [3.05, 3.63) is 120 Å². The van der Waals surface area contributed by atoms with Crippen molar-refractivity contribution in [1.82, 2.24) is 9.88 Å². The zero-order valence-corrected chi connectivity index (χ0v) is 26.9.